The lowest BCUT2D eigenvalue weighted by Gasteiger charge is -2.28. The van der Waals surface area contributed by atoms with Crippen molar-refractivity contribution in [2.75, 3.05) is 6.54 Å². The summed E-state index contributed by atoms with van der Waals surface area (Å²) in [6, 6.07) is 16.3. The first kappa shape index (κ1) is 16.8. The van der Waals surface area contributed by atoms with Crippen molar-refractivity contribution in [1.82, 2.24) is 5.32 Å². The van der Waals surface area contributed by atoms with E-state index in [4.69, 9.17) is 9.47 Å². The van der Waals surface area contributed by atoms with Gasteiger partial charge in [-0.15, -0.1) is 0 Å². The van der Waals surface area contributed by atoms with Crippen LogP contribution >= 0.6 is 0 Å². The van der Waals surface area contributed by atoms with Crippen LogP contribution in [0, 0.1) is 5.82 Å². The van der Waals surface area contributed by atoms with Gasteiger partial charge >= 0.3 is 0 Å². The SMILES string of the molecule is CC1(C)CNC(C=Cc2ccc(F)cc2)(OCc2ccccc2)O1. The molecule has 2 aromatic carbocycles. The number of ether oxygens (including phenoxy) is 2. The second kappa shape index (κ2) is 6.85. The van der Waals surface area contributed by atoms with Gasteiger partial charge in [0.15, 0.2) is 0 Å². The maximum absolute atomic E-state index is 13.0. The first-order chi connectivity index (χ1) is 11.5. The number of hydrogen-bond acceptors (Lipinski definition) is 3. The number of halogens is 1. The minimum Gasteiger partial charge on any atom is -0.329 e. The lowest BCUT2D eigenvalue weighted by molar-refractivity contribution is -0.229. The fourth-order valence-electron chi connectivity index (χ4n) is 2.58. The molecule has 0 aromatic heterocycles. The maximum Gasteiger partial charge on any atom is 0.249 e. The van der Waals surface area contributed by atoms with E-state index in [0.29, 0.717) is 13.2 Å². The molecule has 0 amide bonds. The Balaban J connectivity index is 1.76. The summed E-state index contributed by atoms with van der Waals surface area (Å²) in [4.78, 5) is 0. The van der Waals surface area contributed by atoms with E-state index in [-0.39, 0.29) is 11.4 Å². The van der Waals surface area contributed by atoms with E-state index in [1.807, 2.05) is 56.3 Å². The molecule has 1 fully saturated rings. The van der Waals surface area contributed by atoms with E-state index in [2.05, 4.69) is 5.32 Å². The van der Waals surface area contributed by atoms with E-state index in [0.717, 1.165) is 11.1 Å². The molecule has 0 aliphatic carbocycles. The Labute approximate surface area is 142 Å². The van der Waals surface area contributed by atoms with Crippen molar-refractivity contribution in [2.24, 2.45) is 0 Å². The second-order valence-electron chi connectivity index (χ2n) is 6.54. The van der Waals surface area contributed by atoms with Gasteiger partial charge in [-0.3, -0.25) is 5.32 Å². The lowest BCUT2D eigenvalue weighted by atomic mass is 10.1. The zero-order valence-corrected chi connectivity index (χ0v) is 14.0. The summed E-state index contributed by atoms with van der Waals surface area (Å²) in [5.41, 5.74) is 1.63. The molecule has 0 bridgehead atoms. The van der Waals surface area contributed by atoms with Crippen molar-refractivity contribution in [2.45, 2.75) is 32.0 Å². The van der Waals surface area contributed by atoms with Gasteiger partial charge in [0.25, 0.3) is 0 Å². The number of benzene rings is 2. The molecule has 3 nitrogen and oxygen atoms in total. The van der Waals surface area contributed by atoms with Gasteiger partial charge < -0.3 is 9.47 Å². The van der Waals surface area contributed by atoms with Gasteiger partial charge in [-0.25, -0.2) is 4.39 Å². The molecule has 0 radical (unpaired) electrons. The molecule has 0 saturated carbocycles. The van der Waals surface area contributed by atoms with E-state index in [1.165, 1.54) is 12.1 Å². The highest BCUT2D eigenvalue weighted by atomic mass is 19.1. The van der Waals surface area contributed by atoms with Crippen LogP contribution in [0.15, 0.2) is 60.7 Å². The lowest BCUT2D eigenvalue weighted by Crippen LogP contribution is -2.42. The molecule has 1 heterocycles. The van der Waals surface area contributed by atoms with Gasteiger partial charge in [0.05, 0.1) is 12.2 Å². The largest absolute Gasteiger partial charge is 0.329 e. The normalized spacial score (nSPS) is 23.0. The van der Waals surface area contributed by atoms with Crippen molar-refractivity contribution < 1.29 is 13.9 Å². The highest BCUT2D eigenvalue weighted by Crippen LogP contribution is 2.29. The fraction of sp³-hybridized carbons (Fsp3) is 0.300. The summed E-state index contributed by atoms with van der Waals surface area (Å²) in [7, 11) is 0. The predicted octanol–water partition coefficient (Wildman–Crippen LogP) is 4.11. The third-order valence-electron chi connectivity index (χ3n) is 3.85. The van der Waals surface area contributed by atoms with Gasteiger partial charge in [0.2, 0.25) is 5.91 Å². The van der Waals surface area contributed by atoms with E-state index < -0.39 is 5.91 Å². The first-order valence-corrected chi connectivity index (χ1v) is 8.04. The molecule has 1 unspecified atom stereocenters. The fourth-order valence-corrected chi connectivity index (χ4v) is 2.58. The van der Waals surface area contributed by atoms with E-state index in [9.17, 15) is 4.39 Å². The molecule has 0 spiro atoms. The standard InChI is InChI=1S/C20H22FNO2/c1-19(2)15-22-20(24-19,23-14-17-6-4-3-5-7-17)13-12-16-8-10-18(21)11-9-16/h3-13,22H,14-15H2,1-2H3. The number of hydrogen-bond donors (Lipinski definition) is 1. The Morgan fingerprint density at radius 2 is 1.83 bits per heavy atom. The van der Waals surface area contributed by atoms with Gasteiger partial charge in [-0.05, 0) is 43.2 Å². The van der Waals surface area contributed by atoms with Crippen LogP contribution in [0.3, 0.4) is 0 Å². The van der Waals surface area contributed by atoms with Crippen LogP contribution in [0.4, 0.5) is 4.39 Å². The Kier molecular flexibility index (Phi) is 4.81. The summed E-state index contributed by atoms with van der Waals surface area (Å²) in [6.07, 6.45) is 3.72. The van der Waals surface area contributed by atoms with Crippen LogP contribution in [0.5, 0.6) is 0 Å². The van der Waals surface area contributed by atoms with Crippen molar-refractivity contribution in [3.8, 4) is 0 Å². The van der Waals surface area contributed by atoms with Crippen LogP contribution in [0.1, 0.15) is 25.0 Å². The van der Waals surface area contributed by atoms with Crippen molar-refractivity contribution in [1.29, 1.82) is 0 Å². The number of nitrogens with one attached hydrogen (secondary N) is 1. The summed E-state index contributed by atoms with van der Waals surface area (Å²) in [5, 5.41) is 3.31. The molecular weight excluding hydrogens is 305 g/mol. The molecule has 1 aliphatic rings. The third kappa shape index (κ3) is 4.29. The summed E-state index contributed by atoms with van der Waals surface area (Å²) < 4.78 is 25.2. The highest BCUT2D eigenvalue weighted by molar-refractivity contribution is 5.50. The smallest absolute Gasteiger partial charge is 0.249 e. The van der Waals surface area contributed by atoms with Crippen molar-refractivity contribution in [3.05, 3.63) is 77.6 Å². The highest BCUT2D eigenvalue weighted by Gasteiger charge is 2.43. The maximum atomic E-state index is 13.0. The summed E-state index contributed by atoms with van der Waals surface area (Å²) in [5.74, 6) is -1.24. The monoisotopic (exact) mass is 327 g/mol. The molecule has 2 aromatic rings. The Morgan fingerprint density at radius 3 is 2.46 bits per heavy atom. The van der Waals surface area contributed by atoms with Crippen LogP contribution in [-0.4, -0.2) is 18.1 Å². The van der Waals surface area contributed by atoms with E-state index >= 15 is 0 Å². The molecule has 4 heteroatoms. The first-order valence-electron chi connectivity index (χ1n) is 8.04. The van der Waals surface area contributed by atoms with Crippen LogP contribution in [0.25, 0.3) is 6.08 Å². The Hall–Kier alpha value is -2.01. The second-order valence-corrected chi connectivity index (χ2v) is 6.54. The Morgan fingerprint density at radius 1 is 1.12 bits per heavy atom. The summed E-state index contributed by atoms with van der Waals surface area (Å²) >= 11 is 0. The minimum atomic E-state index is -0.992. The van der Waals surface area contributed by atoms with Crippen molar-refractivity contribution in [3.63, 3.8) is 0 Å². The molecule has 1 atom stereocenters. The molecule has 1 aliphatic heterocycles. The van der Waals surface area contributed by atoms with Gasteiger partial charge in [0.1, 0.15) is 5.82 Å². The molecule has 126 valence electrons. The average Bonchev–Trinajstić information content (AvgIpc) is 2.89. The topological polar surface area (TPSA) is 30.5 Å². The number of rotatable bonds is 5. The van der Waals surface area contributed by atoms with Crippen LogP contribution < -0.4 is 5.32 Å². The molecule has 24 heavy (non-hydrogen) atoms. The zero-order valence-electron chi connectivity index (χ0n) is 14.0. The zero-order chi connectivity index (χ0) is 17.0. The average molecular weight is 327 g/mol. The van der Waals surface area contributed by atoms with Crippen molar-refractivity contribution >= 4 is 6.08 Å². The summed E-state index contributed by atoms with van der Waals surface area (Å²) in [6.45, 7) is 5.13. The van der Waals surface area contributed by atoms with Gasteiger partial charge in [-0.2, -0.15) is 0 Å². The predicted molar refractivity (Wildman–Crippen MR) is 92.6 cm³/mol. The Bertz CT molecular complexity index is 697. The van der Waals surface area contributed by atoms with Crippen LogP contribution in [-0.2, 0) is 16.1 Å². The molecule has 3 rings (SSSR count). The molecule has 1 N–H and O–H groups in total. The third-order valence-corrected chi connectivity index (χ3v) is 3.85. The quantitative estimate of drug-likeness (QED) is 0.896. The van der Waals surface area contributed by atoms with Gasteiger partial charge in [-0.1, -0.05) is 48.5 Å². The van der Waals surface area contributed by atoms with Crippen LogP contribution in [0.2, 0.25) is 0 Å². The molecule has 1 saturated heterocycles. The van der Waals surface area contributed by atoms with Gasteiger partial charge in [0, 0.05) is 6.54 Å². The minimum absolute atomic E-state index is 0.251. The molecular formula is C20H22FNO2. The van der Waals surface area contributed by atoms with E-state index in [1.54, 1.807) is 12.1 Å².